The van der Waals surface area contributed by atoms with E-state index in [-0.39, 0.29) is 0 Å². The minimum Gasteiger partial charge on any atom is -0.366 e. The Morgan fingerprint density at radius 3 is 2.75 bits per heavy atom. The molecule has 0 bridgehead atoms. The van der Waals surface area contributed by atoms with Crippen molar-refractivity contribution in [1.29, 1.82) is 0 Å². The smallest absolute Gasteiger partial charge is 0.240 e. The Morgan fingerprint density at radius 1 is 1.00 bits per heavy atom. The van der Waals surface area contributed by atoms with E-state index in [4.69, 9.17) is 5.73 Å². The number of anilines is 2. The third-order valence-electron chi connectivity index (χ3n) is 3.81. The minimum atomic E-state index is 0.315. The van der Waals surface area contributed by atoms with Crippen LogP contribution in [0.5, 0.6) is 0 Å². The number of fused-ring (bicyclic) bond motifs is 2. The van der Waals surface area contributed by atoms with E-state index in [1.54, 1.807) is 0 Å². The van der Waals surface area contributed by atoms with Crippen molar-refractivity contribution < 1.29 is 0 Å². The van der Waals surface area contributed by atoms with Gasteiger partial charge in [-0.25, -0.2) is 0 Å². The van der Waals surface area contributed by atoms with Crippen LogP contribution in [0.15, 0.2) is 42.5 Å². The number of hydrogen-bond acceptors (Lipinski definition) is 4. The Bertz CT molecular complexity index is 777. The van der Waals surface area contributed by atoms with Crippen LogP contribution in [0.25, 0.3) is 5.65 Å². The number of nitrogens with zero attached hydrogens (tertiary/aromatic N) is 4. The lowest BCUT2D eigenvalue weighted by Gasteiger charge is -2.30. The fourth-order valence-electron chi connectivity index (χ4n) is 2.84. The van der Waals surface area contributed by atoms with Crippen molar-refractivity contribution in [3.8, 4) is 0 Å². The number of nitrogens with two attached hydrogens (primary N) is 1. The molecule has 20 heavy (non-hydrogen) atoms. The molecule has 3 aromatic rings. The number of aromatic nitrogens is 3. The van der Waals surface area contributed by atoms with Crippen LogP contribution in [0.4, 0.5) is 11.8 Å². The second-order valence-electron chi connectivity index (χ2n) is 5.06. The molecule has 5 heteroatoms. The number of benzene rings is 1. The van der Waals surface area contributed by atoms with E-state index in [0.29, 0.717) is 5.95 Å². The first-order valence-corrected chi connectivity index (χ1v) is 6.74. The molecule has 0 saturated heterocycles. The molecule has 0 aliphatic carbocycles. The van der Waals surface area contributed by atoms with Crippen LogP contribution in [0, 0.1) is 0 Å². The Hall–Kier alpha value is -2.56. The molecule has 0 saturated carbocycles. The molecule has 4 rings (SSSR count). The van der Waals surface area contributed by atoms with Gasteiger partial charge in [-0.3, -0.25) is 0 Å². The zero-order valence-electron chi connectivity index (χ0n) is 11.0. The molecule has 2 aromatic heterocycles. The van der Waals surface area contributed by atoms with Gasteiger partial charge in [0, 0.05) is 13.1 Å². The van der Waals surface area contributed by atoms with Crippen molar-refractivity contribution in [3.63, 3.8) is 0 Å². The SMILES string of the molecule is Nc1nc2cccc(N3CCc4ccccc4C3)n2n1. The summed E-state index contributed by atoms with van der Waals surface area (Å²) in [5.41, 5.74) is 9.31. The van der Waals surface area contributed by atoms with Gasteiger partial charge in [-0.1, -0.05) is 30.3 Å². The highest BCUT2D eigenvalue weighted by molar-refractivity contribution is 5.53. The molecule has 0 spiro atoms. The molecule has 100 valence electrons. The van der Waals surface area contributed by atoms with Gasteiger partial charge < -0.3 is 10.6 Å². The molecule has 1 aromatic carbocycles. The predicted octanol–water partition coefficient (Wildman–Crippen LogP) is 1.87. The maximum absolute atomic E-state index is 5.70. The van der Waals surface area contributed by atoms with E-state index >= 15 is 0 Å². The first kappa shape index (κ1) is 11.3. The zero-order valence-corrected chi connectivity index (χ0v) is 11.0. The largest absolute Gasteiger partial charge is 0.366 e. The highest BCUT2D eigenvalue weighted by Gasteiger charge is 2.18. The molecular weight excluding hydrogens is 250 g/mol. The van der Waals surface area contributed by atoms with E-state index in [1.807, 2.05) is 16.6 Å². The molecule has 1 aliphatic rings. The Balaban J connectivity index is 1.78. The fraction of sp³-hybridized carbons (Fsp3) is 0.200. The molecular formula is C15H15N5. The van der Waals surface area contributed by atoms with E-state index in [2.05, 4.69) is 45.3 Å². The molecule has 2 N–H and O–H groups in total. The van der Waals surface area contributed by atoms with Crippen LogP contribution in [0.1, 0.15) is 11.1 Å². The van der Waals surface area contributed by atoms with E-state index in [9.17, 15) is 0 Å². The number of hydrogen-bond donors (Lipinski definition) is 1. The second-order valence-corrected chi connectivity index (χ2v) is 5.06. The lowest BCUT2D eigenvalue weighted by atomic mass is 10.00. The van der Waals surface area contributed by atoms with Crippen molar-refractivity contribution >= 4 is 17.4 Å². The van der Waals surface area contributed by atoms with Crippen LogP contribution in [-0.2, 0) is 13.0 Å². The number of rotatable bonds is 1. The minimum absolute atomic E-state index is 0.315. The molecule has 0 radical (unpaired) electrons. The highest BCUT2D eigenvalue weighted by atomic mass is 15.4. The van der Waals surface area contributed by atoms with Gasteiger partial charge in [0.15, 0.2) is 5.65 Å². The lowest BCUT2D eigenvalue weighted by Crippen LogP contribution is -2.31. The molecule has 3 heterocycles. The summed E-state index contributed by atoms with van der Waals surface area (Å²) in [6.07, 6.45) is 1.05. The van der Waals surface area contributed by atoms with Crippen molar-refractivity contribution in [2.24, 2.45) is 0 Å². The van der Waals surface area contributed by atoms with Gasteiger partial charge in [0.25, 0.3) is 0 Å². The molecule has 0 unspecified atom stereocenters. The fourth-order valence-corrected chi connectivity index (χ4v) is 2.84. The highest BCUT2D eigenvalue weighted by Crippen LogP contribution is 2.24. The topological polar surface area (TPSA) is 59.5 Å². The first-order chi connectivity index (χ1) is 9.81. The van der Waals surface area contributed by atoms with Crippen LogP contribution < -0.4 is 10.6 Å². The zero-order chi connectivity index (χ0) is 13.5. The molecule has 0 amide bonds. The summed E-state index contributed by atoms with van der Waals surface area (Å²) in [6.45, 7) is 1.88. The Morgan fingerprint density at radius 2 is 1.85 bits per heavy atom. The summed E-state index contributed by atoms with van der Waals surface area (Å²) >= 11 is 0. The van der Waals surface area contributed by atoms with Crippen LogP contribution >= 0.6 is 0 Å². The van der Waals surface area contributed by atoms with Gasteiger partial charge in [-0.05, 0) is 29.7 Å². The van der Waals surface area contributed by atoms with E-state index in [1.165, 1.54) is 11.1 Å². The molecule has 1 aliphatic heterocycles. The first-order valence-electron chi connectivity index (χ1n) is 6.74. The van der Waals surface area contributed by atoms with Crippen molar-refractivity contribution in [3.05, 3.63) is 53.6 Å². The Labute approximate surface area is 116 Å². The predicted molar refractivity (Wildman–Crippen MR) is 78.6 cm³/mol. The third-order valence-corrected chi connectivity index (χ3v) is 3.81. The molecule has 0 fully saturated rings. The number of nitrogen functional groups attached to an aromatic ring is 1. The summed E-state index contributed by atoms with van der Waals surface area (Å²) in [7, 11) is 0. The maximum Gasteiger partial charge on any atom is 0.240 e. The van der Waals surface area contributed by atoms with Crippen LogP contribution in [-0.4, -0.2) is 21.1 Å². The van der Waals surface area contributed by atoms with Crippen molar-refractivity contribution in [2.45, 2.75) is 13.0 Å². The summed E-state index contributed by atoms with van der Waals surface area (Å²) in [5.74, 6) is 1.36. The van der Waals surface area contributed by atoms with Crippen LogP contribution in [0.2, 0.25) is 0 Å². The normalized spacial score (nSPS) is 14.5. The summed E-state index contributed by atoms with van der Waals surface area (Å²) in [5, 5.41) is 4.29. The van der Waals surface area contributed by atoms with Crippen molar-refractivity contribution in [1.82, 2.24) is 14.6 Å². The second kappa shape index (κ2) is 4.23. The van der Waals surface area contributed by atoms with Crippen molar-refractivity contribution in [2.75, 3.05) is 17.2 Å². The standard InChI is InChI=1S/C15H15N5/c16-15-17-13-6-3-7-14(20(13)18-15)19-9-8-11-4-1-2-5-12(11)10-19/h1-7H,8-10H2,(H2,16,18). The van der Waals surface area contributed by atoms with E-state index in [0.717, 1.165) is 31.0 Å². The van der Waals surface area contributed by atoms with Gasteiger partial charge in [-0.15, -0.1) is 5.10 Å². The summed E-state index contributed by atoms with van der Waals surface area (Å²) < 4.78 is 1.82. The molecule has 0 atom stereocenters. The average Bonchev–Trinajstić information content (AvgIpc) is 2.86. The maximum atomic E-state index is 5.70. The summed E-state index contributed by atoms with van der Waals surface area (Å²) in [6, 6.07) is 14.6. The van der Waals surface area contributed by atoms with Gasteiger partial charge in [0.1, 0.15) is 5.82 Å². The van der Waals surface area contributed by atoms with Gasteiger partial charge in [0.05, 0.1) is 0 Å². The summed E-state index contributed by atoms with van der Waals surface area (Å²) in [4.78, 5) is 6.54. The van der Waals surface area contributed by atoms with E-state index < -0.39 is 0 Å². The van der Waals surface area contributed by atoms with Gasteiger partial charge >= 0.3 is 0 Å². The lowest BCUT2D eigenvalue weighted by molar-refractivity contribution is 0.705. The number of pyridine rings is 1. The average molecular weight is 265 g/mol. The quantitative estimate of drug-likeness (QED) is 0.729. The molecule has 5 nitrogen and oxygen atoms in total. The van der Waals surface area contributed by atoms with Gasteiger partial charge in [-0.2, -0.15) is 9.50 Å². The van der Waals surface area contributed by atoms with Crippen LogP contribution in [0.3, 0.4) is 0 Å². The van der Waals surface area contributed by atoms with Gasteiger partial charge in [0.2, 0.25) is 5.95 Å². The third kappa shape index (κ3) is 1.71. The Kier molecular flexibility index (Phi) is 2.39. The monoisotopic (exact) mass is 265 g/mol.